The van der Waals surface area contributed by atoms with E-state index in [1.165, 1.54) is 4.90 Å². The van der Waals surface area contributed by atoms with E-state index in [1.54, 1.807) is 7.05 Å². The summed E-state index contributed by atoms with van der Waals surface area (Å²) in [6.45, 7) is 2.57. The highest BCUT2D eigenvalue weighted by Crippen LogP contribution is 2.31. The second kappa shape index (κ2) is 6.73. The highest BCUT2D eigenvalue weighted by Gasteiger charge is 2.21. The monoisotopic (exact) mass is 304 g/mol. The normalized spacial score (nSPS) is 10.3. The number of hydrogen-bond acceptors (Lipinski definition) is 3. The fourth-order valence-corrected chi connectivity index (χ4v) is 1.94. The smallest absolute Gasteiger partial charge is 0.271 e. The molecule has 0 spiro atoms. The van der Waals surface area contributed by atoms with Crippen molar-refractivity contribution in [3.63, 3.8) is 0 Å². The van der Waals surface area contributed by atoms with Gasteiger partial charge in [0.1, 0.15) is 0 Å². The number of amides is 1. The summed E-state index contributed by atoms with van der Waals surface area (Å²) >= 11 is 11.7. The van der Waals surface area contributed by atoms with E-state index in [0.717, 1.165) is 25.0 Å². The minimum atomic E-state index is -0.606. The van der Waals surface area contributed by atoms with E-state index in [0.29, 0.717) is 6.54 Å². The largest absolute Gasteiger partial charge is 0.342 e. The second-order valence-electron chi connectivity index (χ2n) is 4.13. The number of rotatable bonds is 5. The molecule has 0 unspecified atom stereocenters. The maximum atomic E-state index is 12.2. The highest BCUT2D eigenvalue weighted by molar-refractivity contribution is 6.44. The first-order valence-electron chi connectivity index (χ1n) is 5.77. The molecule has 1 aromatic carbocycles. The van der Waals surface area contributed by atoms with Crippen molar-refractivity contribution in [3.05, 3.63) is 37.9 Å². The molecule has 0 fully saturated rings. The zero-order valence-electron chi connectivity index (χ0n) is 10.7. The molecule has 0 N–H and O–H groups in total. The van der Waals surface area contributed by atoms with Crippen LogP contribution in [0.2, 0.25) is 10.0 Å². The Morgan fingerprint density at radius 3 is 2.58 bits per heavy atom. The van der Waals surface area contributed by atoms with Gasteiger partial charge in [0.05, 0.1) is 20.5 Å². The number of unbranched alkanes of at least 4 members (excludes halogenated alkanes) is 1. The van der Waals surface area contributed by atoms with Crippen LogP contribution in [0.3, 0.4) is 0 Å². The fraction of sp³-hybridized carbons (Fsp3) is 0.417. The third-order valence-electron chi connectivity index (χ3n) is 2.65. The van der Waals surface area contributed by atoms with Crippen LogP contribution >= 0.6 is 23.2 Å². The molecule has 7 heteroatoms. The number of nitro groups is 1. The zero-order valence-corrected chi connectivity index (χ0v) is 12.2. The van der Waals surface area contributed by atoms with E-state index >= 15 is 0 Å². The summed E-state index contributed by atoms with van der Waals surface area (Å²) in [7, 11) is 1.63. The molecule has 1 rings (SSSR count). The van der Waals surface area contributed by atoms with Gasteiger partial charge >= 0.3 is 0 Å². The molecular formula is C12H14Cl2N2O3. The van der Waals surface area contributed by atoms with E-state index in [-0.39, 0.29) is 27.2 Å². The number of carbonyl (C=O) groups is 1. The van der Waals surface area contributed by atoms with Crippen molar-refractivity contribution in [3.8, 4) is 0 Å². The number of non-ortho nitro benzene ring substituents is 1. The number of hydrogen-bond donors (Lipinski definition) is 0. The van der Waals surface area contributed by atoms with Gasteiger partial charge in [-0.2, -0.15) is 0 Å². The maximum Gasteiger partial charge on any atom is 0.271 e. The average molecular weight is 305 g/mol. The highest BCUT2D eigenvalue weighted by atomic mass is 35.5. The molecule has 0 radical (unpaired) electrons. The van der Waals surface area contributed by atoms with Gasteiger partial charge in [-0.25, -0.2) is 0 Å². The van der Waals surface area contributed by atoms with Gasteiger partial charge in [-0.1, -0.05) is 36.5 Å². The third-order valence-corrected chi connectivity index (χ3v) is 3.45. The van der Waals surface area contributed by atoms with Gasteiger partial charge in [0.2, 0.25) is 0 Å². The lowest BCUT2D eigenvalue weighted by molar-refractivity contribution is -0.384. The first-order valence-corrected chi connectivity index (χ1v) is 6.53. The van der Waals surface area contributed by atoms with E-state index in [2.05, 4.69) is 0 Å². The number of halogens is 2. The second-order valence-corrected chi connectivity index (χ2v) is 4.91. The lowest BCUT2D eigenvalue weighted by Crippen LogP contribution is -2.28. The summed E-state index contributed by atoms with van der Waals surface area (Å²) in [5.41, 5.74) is -0.193. The van der Waals surface area contributed by atoms with Crippen molar-refractivity contribution in [2.24, 2.45) is 0 Å². The van der Waals surface area contributed by atoms with E-state index in [9.17, 15) is 14.9 Å². The predicted octanol–water partition coefficient (Wildman–Crippen LogP) is 3.77. The average Bonchev–Trinajstić information content (AvgIpc) is 2.37. The molecule has 0 aliphatic rings. The molecule has 104 valence electrons. The minimum Gasteiger partial charge on any atom is -0.342 e. The van der Waals surface area contributed by atoms with Crippen LogP contribution in [0.4, 0.5) is 5.69 Å². The molecule has 5 nitrogen and oxygen atoms in total. The molecule has 0 saturated carbocycles. The van der Waals surface area contributed by atoms with Crippen molar-refractivity contribution >= 4 is 34.8 Å². The molecule has 0 saturated heterocycles. The van der Waals surface area contributed by atoms with Crippen molar-refractivity contribution in [1.82, 2.24) is 4.90 Å². The first kappa shape index (κ1) is 15.7. The van der Waals surface area contributed by atoms with Crippen LogP contribution < -0.4 is 0 Å². The third kappa shape index (κ3) is 3.81. The van der Waals surface area contributed by atoms with Crippen LogP contribution in [0.1, 0.15) is 30.1 Å². The maximum absolute atomic E-state index is 12.2. The Balaban J connectivity index is 3.11. The van der Waals surface area contributed by atoms with Crippen LogP contribution in [0.15, 0.2) is 12.1 Å². The Hall–Kier alpha value is -1.33. The molecule has 1 aromatic rings. The summed E-state index contributed by atoms with van der Waals surface area (Å²) in [5, 5.41) is 10.8. The van der Waals surface area contributed by atoms with Gasteiger partial charge in [-0.05, 0) is 6.42 Å². The van der Waals surface area contributed by atoms with Gasteiger partial charge in [0.25, 0.3) is 11.6 Å². The van der Waals surface area contributed by atoms with Crippen LogP contribution in [-0.2, 0) is 0 Å². The summed E-state index contributed by atoms with van der Waals surface area (Å²) in [6.07, 6.45) is 1.80. The SMILES string of the molecule is CCCCN(C)C(=O)c1cc([N+](=O)[O-])cc(Cl)c1Cl. The van der Waals surface area contributed by atoms with Crippen molar-refractivity contribution in [1.29, 1.82) is 0 Å². The van der Waals surface area contributed by atoms with Crippen LogP contribution in [0.5, 0.6) is 0 Å². The van der Waals surface area contributed by atoms with Crippen molar-refractivity contribution < 1.29 is 9.72 Å². The van der Waals surface area contributed by atoms with Crippen molar-refractivity contribution in [2.45, 2.75) is 19.8 Å². The van der Waals surface area contributed by atoms with Crippen LogP contribution in [0, 0.1) is 10.1 Å². The van der Waals surface area contributed by atoms with Crippen LogP contribution in [0.25, 0.3) is 0 Å². The van der Waals surface area contributed by atoms with Gasteiger partial charge in [-0.3, -0.25) is 14.9 Å². The molecule has 0 aromatic heterocycles. The fourth-order valence-electron chi connectivity index (χ4n) is 1.54. The molecule has 0 aliphatic carbocycles. The van der Waals surface area contributed by atoms with E-state index < -0.39 is 4.92 Å². The number of carbonyl (C=O) groups excluding carboxylic acids is 1. The molecule has 0 bridgehead atoms. The summed E-state index contributed by atoms with van der Waals surface area (Å²) in [5.74, 6) is -0.371. The molecule has 0 atom stereocenters. The van der Waals surface area contributed by atoms with Crippen LogP contribution in [-0.4, -0.2) is 29.3 Å². The van der Waals surface area contributed by atoms with Gasteiger partial charge in [-0.15, -0.1) is 0 Å². The molecule has 0 heterocycles. The molecule has 19 heavy (non-hydrogen) atoms. The Morgan fingerprint density at radius 2 is 2.05 bits per heavy atom. The Kier molecular flexibility index (Phi) is 5.57. The summed E-state index contributed by atoms with van der Waals surface area (Å²) in [6, 6.07) is 2.28. The predicted molar refractivity (Wildman–Crippen MR) is 75.0 cm³/mol. The molecule has 1 amide bonds. The molecule has 0 aliphatic heterocycles. The van der Waals surface area contributed by atoms with E-state index in [4.69, 9.17) is 23.2 Å². The quantitative estimate of drug-likeness (QED) is 0.614. The minimum absolute atomic E-state index is 0.00288. The standard InChI is InChI=1S/C12H14Cl2N2O3/c1-3-4-5-15(2)12(17)9-6-8(16(18)19)7-10(13)11(9)14/h6-7H,3-5H2,1-2H3. The van der Waals surface area contributed by atoms with Gasteiger partial charge in [0, 0.05) is 25.7 Å². The lowest BCUT2D eigenvalue weighted by Gasteiger charge is -2.17. The Labute approximate surface area is 121 Å². The Bertz CT molecular complexity index is 506. The van der Waals surface area contributed by atoms with Gasteiger partial charge < -0.3 is 4.90 Å². The topological polar surface area (TPSA) is 63.5 Å². The lowest BCUT2D eigenvalue weighted by atomic mass is 10.1. The molecular weight excluding hydrogens is 291 g/mol. The van der Waals surface area contributed by atoms with Gasteiger partial charge in [0.15, 0.2) is 0 Å². The first-order chi connectivity index (χ1) is 8.88. The summed E-state index contributed by atoms with van der Waals surface area (Å²) < 4.78 is 0. The number of nitrogens with zero attached hydrogens (tertiary/aromatic N) is 2. The Morgan fingerprint density at radius 1 is 1.42 bits per heavy atom. The number of benzene rings is 1. The summed E-state index contributed by atoms with van der Waals surface area (Å²) in [4.78, 5) is 23.8. The van der Waals surface area contributed by atoms with E-state index in [1.807, 2.05) is 6.92 Å². The van der Waals surface area contributed by atoms with Crippen molar-refractivity contribution in [2.75, 3.05) is 13.6 Å². The zero-order chi connectivity index (χ0) is 14.6. The number of nitro benzene ring substituents is 1.